The van der Waals surface area contributed by atoms with Gasteiger partial charge in [0.15, 0.2) is 0 Å². The van der Waals surface area contributed by atoms with E-state index in [-0.39, 0.29) is 0 Å². The van der Waals surface area contributed by atoms with Crippen molar-refractivity contribution in [3.8, 4) is 0 Å². The number of hydrogen-bond donors (Lipinski definition) is 0. The van der Waals surface area contributed by atoms with Crippen molar-refractivity contribution < 1.29 is 0 Å². The number of aryl methyl sites for hydroxylation is 2. The van der Waals surface area contributed by atoms with Crippen LogP contribution >= 0.6 is 15.9 Å². The zero-order valence-electron chi connectivity index (χ0n) is 9.21. The van der Waals surface area contributed by atoms with E-state index in [0.29, 0.717) is 10.7 Å². The van der Waals surface area contributed by atoms with Crippen LogP contribution < -0.4 is 0 Å². The molecule has 1 rings (SSSR count). The van der Waals surface area contributed by atoms with E-state index in [1.165, 1.54) is 0 Å². The van der Waals surface area contributed by atoms with Crippen molar-refractivity contribution >= 4 is 15.9 Å². The molecule has 0 aromatic carbocycles. The lowest BCUT2D eigenvalue weighted by Gasteiger charge is -2.13. The summed E-state index contributed by atoms with van der Waals surface area (Å²) in [6.07, 6.45) is 0.974. The highest BCUT2D eigenvalue weighted by atomic mass is 79.9. The average Bonchev–Trinajstić information content (AvgIpc) is 2.01. The maximum Gasteiger partial charge on any atom is 0.125 e. The maximum atomic E-state index is 4.42. The molecule has 2 nitrogen and oxygen atoms in total. The monoisotopic (exact) mass is 256 g/mol. The van der Waals surface area contributed by atoms with Crippen LogP contribution in [0.15, 0.2) is 6.07 Å². The first-order valence-electron chi connectivity index (χ1n) is 4.94. The summed E-state index contributed by atoms with van der Waals surface area (Å²) >= 11 is 3.67. The molecule has 78 valence electrons. The molecule has 1 unspecified atom stereocenters. The Bertz CT molecular complexity index is 290. The molecule has 1 heterocycles. The van der Waals surface area contributed by atoms with Crippen molar-refractivity contribution in [1.82, 2.24) is 9.97 Å². The van der Waals surface area contributed by atoms with Crippen LogP contribution in [0.5, 0.6) is 0 Å². The quantitative estimate of drug-likeness (QED) is 0.778. The fourth-order valence-electron chi connectivity index (χ4n) is 1.33. The first-order valence-corrected chi connectivity index (χ1v) is 5.86. The number of rotatable bonds is 3. The minimum atomic E-state index is 0.496. The van der Waals surface area contributed by atoms with Crippen molar-refractivity contribution in [2.45, 2.75) is 38.9 Å². The number of nitrogens with zero attached hydrogens (tertiary/aromatic N) is 2. The molecule has 0 N–H and O–H groups in total. The van der Waals surface area contributed by atoms with Gasteiger partial charge in [0.05, 0.1) is 0 Å². The van der Waals surface area contributed by atoms with E-state index in [9.17, 15) is 0 Å². The van der Waals surface area contributed by atoms with E-state index in [1.54, 1.807) is 0 Å². The Balaban J connectivity index is 2.76. The van der Waals surface area contributed by atoms with Crippen molar-refractivity contribution in [2.24, 2.45) is 5.92 Å². The summed E-state index contributed by atoms with van der Waals surface area (Å²) in [7, 11) is 0. The van der Waals surface area contributed by atoms with Crippen molar-refractivity contribution in [3.63, 3.8) is 0 Å². The van der Waals surface area contributed by atoms with Gasteiger partial charge < -0.3 is 0 Å². The van der Waals surface area contributed by atoms with Gasteiger partial charge in [-0.1, -0.05) is 29.8 Å². The molecular weight excluding hydrogens is 240 g/mol. The normalized spacial score (nSPS) is 13.3. The topological polar surface area (TPSA) is 25.8 Å². The lowest BCUT2D eigenvalue weighted by molar-refractivity contribution is 0.605. The standard InChI is InChI=1S/C11H17BrN2/c1-7(2)11(12)6-10-5-8(3)13-9(4)14-10/h5,7,11H,6H2,1-4H3. The van der Waals surface area contributed by atoms with Crippen LogP contribution in [-0.4, -0.2) is 14.8 Å². The molecule has 14 heavy (non-hydrogen) atoms. The summed E-state index contributed by atoms with van der Waals surface area (Å²) in [6.45, 7) is 8.37. The van der Waals surface area contributed by atoms with Crippen molar-refractivity contribution in [3.05, 3.63) is 23.3 Å². The highest BCUT2D eigenvalue weighted by Gasteiger charge is 2.11. The number of halogens is 1. The molecule has 0 aliphatic heterocycles. The number of aromatic nitrogens is 2. The van der Waals surface area contributed by atoms with Gasteiger partial charge in [0, 0.05) is 22.6 Å². The SMILES string of the molecule is Cc1cc(CC(Br)C(C)C)nc(C)n1. The van der Waals surface area contributed by atoms with E-state index >= 15 is 0 Å². The molecule has 0 fully saturated rings. The molecular formula is C11H17BrN2. The fraction of sp³-hybridized carbons (Fsp3) is 0.636. The molecule has 1 aromatic heterocycles. The Morgan fingerprint density at radius 2 is 1.93 bits per heavy atom. The molecule has 0 spiro atoms. The Morgan fingerprint density at radius 3 is 2.43 bits per heavy atom. The minimum Gasteiger partial charge on any atom is -0.239 e. The number of hydrogen-bond acceptors (Lipinski definition) is 2. The van der Waals surface area contributed by atoms with Gasteiger partial charge in [0.2, 0.25) is 0 Å². The van der Waals surface area contributed by atoms with Crippen LogP contribution in [0.25, 0.3) is 0 Å². The molecule has 3 heteroatoms. The van der Waals surface area contributed by atoms with E-state index in [2.05, 4.69) is 45.8 Å². The summed E-state index contributed by atoms with van der Waals surface area (Å²) in [6, 6.07) is 2.06. The van der Waals surface area contributed by atoms with Gasteiger partial charge in [-0.15, -0.1) is 0 Å². The first-order chi connectivity index (χ1) is 6.49. The lowest BCUT2D eigenvalue weighted by Crippen LogP contribution is -2.12. The Labute approximate surface area is 94.3 Å². The summed E-state index contributed by atoms with van der Waals surface area (Å²) in [5, 5.41) is 0. The van der Waals surface area contributed by atoms with Gasteiger partial charge in [-0.05, 0) is 25.8 Å². The highest BCUT2D eigenvalue weighted by molar-refractivity contribution is 9.09. The highest BCUT2D eigenvalue weighted by Crippen LogP contribution is 2.17. The molecule has 0 radical (unpaired) electrons. The fourth-order valence-corrected chi connectivity index (χ4v) is 1.67. The van der Waals surface area contributed by atoms with Crippen molar-refractivity contribution in [1.29, 1.82) is 0 Å². The zero-order chi connectivity index (χ0) is 10.7. The Kier molecular flexibility index (Phi) is 4.05. The average molecular weight is 257 g/mol. The summed E-state index contributed by atoms with van der Waals surface area (Å²) < 4.78 is 0. The van der Waals surface area contributed by atoms with Crippen LogP contribution in [0.3, 0.4) is 0 Å². The van der Waals surface area contributed by atoms with Crippen LogP contribution in [0.1, 0.15) is 31.1 Å². The second-order valence-electron chi connectivity index (χ2n) is 4.01. The summed E-state index contributed by atoms with van der Waals surface area (Å²) in [5.74, 6) is 1.49. The lowest BCUT2D eigenvalue weighted by atomic mass is 10.1. The van der Waals surface area contributed by atoms with Gasteiger partial charge in [-0.25, -0.2) is 9.97 Å². The van der Waals surface area contributed by atoms with Gasteiger partial charge in [-0.2, -0.15) is 0 Å². The molecule has 0 saturated carbocycles. The molecule has 0 amide bonds. The third-order valence-corrected chi connectivity index (χ3v) is 3.53. The summed E-state index contributed by atoms with van der Waals surface area (Å²) in [4.78, 5) is 9.17. The Morgan fingerprint density at radius 1 is 1.29 bits per heavy atom. The molecule has 1 aromatic rings. The zero-order valence-corrected chi connectivity index (χ0v) is 10.8. The number of alkyl halides is 1. The van der Waals surface area contributed by atoms with Gasteiger partial charge in [-0.3, -0.25) is 0 Å². The van der Waals surface area contributed by atoms with Gasteiger partial charge in [0.25, 0.3) is 0 Å². The van der Waals surface area contributed by atoms with Crippen molar-refractivity contribution in [2.75, 3.05) is 0 Å². The predicted octanol–water partition coefficient (Wildman–Crippen LogP) is 3.06. The second kappa shape index (κ2) is 4.87. The van der Waals surface area contributed by atoms with Crippen LogP contribution in [0.2, 0.25) is 0 Å². The summed E-state index contributed by atoms with van der Waals surface area (Å²) in [5.41, 5.74) is 2.18. The minimum absolute atomic E-state index is 0.496. The van der Waals surface area contributed by atoms with E-state index in [1.807, 2.05) is 13.8 Å². The first kappa shape index (κ1) is 11.6. The molecule has 0 saturated heterocycles. The molecule has 0 aliphatic carbocycles. The molecule has 0 bridgehead atoms. The van der Waals surface area contributed by atoms with E-state index in [4.69, 9.17) is 0 Å². The third kappa shape index (κ3) is 3.37. The van der Waals surface area contributed by atoms with Gasteiger partial charge >= 0.3 is 0 Å². The second-order valence-corrected chi connectivity index (χ2v) is 5.19. The van der Waals surface area contributed by atoms with E-state index < -0.39 is 0 Å². The maximum absolute atomic E-state index is 4.42. The third-order valence-electron chi connectivity index (χ3n) is 2.15. The Hall–Kier alpha value is -0.440. The molecule has 1 atom stereocenters. The van der Waals surface area contributed by atoms with Gasteiger partial charge in [0.1, 0.15) is 5.82 Å². The van der Waals surface area contributed by atoms with Crippen LogP contribution in [0.4, 0.5) is 0 Å². The largest absolute Gasteiger partial charge is 0.239 e. The van der Waals surface area contributed by atoms with Crippen LogP contribution in [-0.2, 0) is 6.42 Å². The van der Waals surface area contributed by atoms with E-state index in [0.717, 1.165) is 23.6 Å². The predicted molar refractivity (Wildman–Crippen MR) is 62.8 cm³/mol. The molecule has 0 aliphatic rings. The van der Waals surface area contributed by atoms with Crippen LogP contribution in [0, 0.1) is 19.8 Å². The smallest absolute Gasteiger partial charge is 0.125 e.